The van der Waals surface area contributed by atoms with E-state index >= 15 is 0 Å². The average molecular weight is 256 g/mol. The number of carbonyl (C=O) groups excluding carboxylic acids is 1. The van der Waals surface area contributed by atoms with Crippen molar-refractivity contribution in [2.24, 2.45) is 16.9 Å². The Bertz CT molecular complexity index is 504. The number of rotatable bonds is 2. The van der Waals surface area contributed by atoms with Crippen LogP contribution >= 0.6 is 0 Å². The predicted octanol–water partition coefficient (Wildman–Crippen LogP) is 2.89. The lowest BCUT2D eigenvalue weighted by atomic mass is 9.74. The molecule has 0 radical (unpaired) electrons. The molecule has 3 heteroatoms. The van der Waals surface area contributed by atoms with E-state index in [0.717, 1.165) is 37.0 Å². The summed E-state index contributed by atoms with van der Waals surface area (Å²) in [6, 6.07) is 8.60. The summed E-state index contributed by atoms with van der Waals surface area (Å²) < 4.78 is 0. The Hall–Kier alpha value is -1.64. The van der Waals surface area contributed by atoms with E-state index in [-0.39, 0.29) is 11.8 Å². The number of hydrazone groups is 1. The number of aryl methyl sites for hydroxylation is 1. The minimum atomic E-state index is 0.110. The fraction of sp³-hybridized carbons (Fsp3) is 0.500. The van der Waals surface area contributed by atoms with E-state index < -0.39 is 0 Å². The first-order chi connectivity index (χ1) is 9.29. The summed E-state index contributed by atoms with van der Waals surface area (Å²) in [6.45, 7) is 2.16. The summed E-state index contributed by atoms with van der Waals surface area (Å²) in [6.07, 6.45) is 5.52. The Morgan fingerprint density at radius 3 is 2.53 bits per heavy atom. The minimum Gasteiger partial charge on any atom is -0.273 e. The van der Waals surface area contributed by atoms with Gasteiger partial charge in [-0.2, -0.15) is 5.10 Å². The van der Waals surface area contributed by atoms with Crippen molar-refractivity contribution in [1.29, 1.82) is 0 Å². The number of carbonyl (C=O) groups is 1. The molecule has 1 N–H and O–H groups in total. The van der Waals surface area contributed by atoms with Crippen LogP contribution in [-0.4, -0.2) is 11.6 Å². The molecule has 2 aliphatic rings. The smallest absolute Gasteiger partial charge is 0.243 e. The molecule has 2 atom stereocenters. The Morgan fingerprint density at radius 1 is 1.16 bits per heavy atom. The molecule has 1 aromatic rings. The lowest BCUT2D eigenvalue weighted by Gasteiger charge is -2.34. The molecule has 100 valence electrons. The Kier molecular flexibility index (Phi) is 3.36. The highest BCUT2D eigenvalue weighted by molar-refractivity contribution is 6.06. The third-order valence-corrected chi connectivity index (χ3v) is 4.40. The zero-order valence-corrected chi connectivity index (χ0v) is 11.4. The van der Waals surface area contributed by atoms with Gasteiger partial charge in [-0.1, -0.05) is 44.0 Å². The largest absolute Gasteiger partial charge is 0.273 e. The van der Waals surface area contributed by atoms with Crippen molar-refractivity contribution in [3.8, 4) is 0 Å². The molecular weight excluding hydrogens is 236 g/mol. The van der Waals surface area contributed by atoms with Gasteiger partial charge in [-0.25, -0.2) is 5.43 Å². The Balaban J connectivity index is 1.91. The molecule has 0 bridgehead atoms. The van der Waals surface area contributed by atoms with E-state index in [0.29, 0.717) is 5.92 Å². The first-order valence-electron chi connectivity index (χ1n) is 7.26. The zero-order valence-electron chi connectivity index (χ0n) is 11.4. The van der Waals surface area contributed by atoms with Crippen molar-refractivity contribution in [1.82, 2.24) is 5.43 Å². The van der Waals surface area contributed by atoms with Crippen LogP contribution in [0.15, 0.2) is 29.4 Å². The van der Waals surface area contributed by atoms with Crippen molar-refractivity contribution in [3.05, 3.63) is 35.4 Å². The standard InChI is InChI=1S/C16H20N2O/c1-2-11-7-9-12(10-8-11)15-13-5-3-4-6-14(13)16(19)18-17-15/h7-10,13-14H,2-6H2,1H3,(H,18,19)/t13-,14+/m0/s1. The van der Waals surface area contributed by atoms with Crippen LogP contribution in [0.25, 0.3) is 0 Å². The summed E-state index contributed by atoms with van der Waals surface area (Å²) in [5.74, 6) is 0.556. The second kappa shape index (κ2) is 5.16. The highest BCUT2D eigenvalue weighted by atomic mass is 16.2. The van der Waals surface area contributed by atoms with Crippen molar-refractivity contribution in [2.45, 2.75) is 39.0 Å². The van der Waals surface area contributed by atoms with Crippen LogP contribution in [0.4, 0.5) is 0 Å². The molecule has 19 heavy (non-hydrogen) atoms. The molecule has 1 amide bonds. The van der Waals surface area contributed by atoms with Gasteiger partial charge in [0.05, 0.1) is 5.71 Å². The fourth-order valence-electron chi connectivity index (χ4n) is 3.24. The zero-order chi connectivity index (χ0) is 13.2. The first-order valence-corrected chi connectivity index (χ1v) is 7.26. The normalized spacial score (nSPS) is 26.4. The maximum atomic E-state index is 11.9. The van der Waals surface area contributed by atoms with E-state index in [1.807, 2.05) is 0 Å². The topological polar surface area (TPSA) is 41.5 Å². The molecular formula is C16H20N2O. The van der Waals surface area contributed by atoms with Gasteiger partial charge in [-0.05, 0) is 30.4 Å². The van der Waals surface area contributed by atoms with Crippen molar-refractivity contribution >= 4 is 11.6 Å². The summed E-state index contributed by atoms with van der Waals surface area (Å²) in [7, 11) is 0. The maximum absolute atomic E-state index is 11.9. The lowest BCUT2D eigenvalue weighted by molar-refractivity contribution is -0.127. The number of fused-ring (bicyclic) bond motifs is 1. The van der Waals surface area contributed by atoms with E-state index in [2.05, 4.69) is 41.7 Å². The number of hydrogen-bond donors (Lipinski definition) is 1. The Labute approximate surface area is 114 Å². The third kappa shape index (κ3) is 2.29. The van der Waals surface area contributed by atoms with Crippen LogP contribution in [0, 0.1) is 11.8 Å². The molecule has 0 spiro atoms. The minimum absolute atomic E-state index is 0.110. The summed E-state index contributed by atoms with van der Waals surface area (Å²) in [5.41, 5.74) is 6.28. The quantitative estimate of drug-likeness (QED) is 0.868. The van der Waals surface area contributed by atoms with Gasteiger partial charge in [0, 0.05) is 11.8 Å². The summed E-state index contributed by atoms with van der Waals surface area (Å²) in [5, 5.41) is 4.34. The molecule has 0 unspecified atom stereocenters. The molecule has 1 heterocycles. The average Bonchev–Trinajstić information content (AvgIpc) is 2.48. The number of nitrogens with one attached hydrogen (secondary N) is 1. The molecule has 1 aromatic carbocycles. The first kappa shape index (κ1) is 12.4. The molecule has 1 aliphatic carbocycles. The molecule has 0 saturated heterocycles. The van der Waals surface area contributed by atoms with Gasteiger partial charge >= 0.3 is 0 Å². The van der Waals surface area contributed by atoms with Crippen molar-refractivity contribution < 1.29 is 4.79 Å². The van der Waals surface area contributed by atoms with Crippen molar-refractivity contribution in [3.63, 3.8) is 0 Å². The molecule has 0 aromatic heterocycles. The second-order valence-electron chi connectivity index (χ2n) is 5.52. The van der Waals surface area contributed by atoms with E-state index in [9.17, 15) is 4.79 Å². The monoisotopic (exact) mass is 256 g/mol. The molecule has 1 fully saturated rings. The third-order valence-electron chi connectivity index (χ3n) is 4.40. The van der Waals surface area contributed by atoms with Crippen molar-refractivity contribution in [2.75, 3.05) is 0 Å². The highest BCUT2D eigenvalue weighted by Gasteiger charge is 2.37. The van der Waals surface area contributed by atoms with Gasteiger partial charge in [-0.15, -0.1) is 0 Å². The highest BCUT2D eigenvalue weighted by Crippen LogP contribution is 2.35. The number of nitrogens with zero attached hydrogens (tertiary/aromatic N) is 1. The molecule has 1 aliphatic heterocycles. The van der Waals surface area contributed by atoms with Crippen LogP contribution in [0.5, 0.6) is 0 Å². The number of benzene rings is 1. The van der Waals surface area contributed by atoms with Crippen LogP contribution in [-0.2, 0) is 11.2 Å². The van der Waals surface area contributed by atoms with Crippen LogP contribution in [0.1, 0.15) is 43.7 Å². The van der Waals surface area contributed by atoms with Gasteiger partial charge < -0.3 is 0 Å². The van der Waals surface area contributed by atoms with Crippen LogP contribution < -0.4 is 5.43 Å². The number of amides is 1. The fourth-order valence-corrected chi connectivity index (χ4v) is 3.24. The van der Waals surface area contributed by atoms with E-state index in [4.69, 9.17) is 0 Å². The van der Waals surface area contributed by atoms with Gasteiger partial charge in [0.15, 0.2) is 0 Å². The molecule has 3 rings (SSSR count). The SMILES string of the molecule is CCc1ccc(C2=NNC(=O)[C@@H]3CCCC[C@H]23)cc1. The van der Waals surface area contributed by atoms with Gasteiger partial charge in [0.25, 0.3) is 0 Å². The van der Waals surface area contributed by atoms with E-state index in [1.54, 1.807) is 0 Å². The van der Waals surface area contributed by atoms with Crippen LogP contribution in [0.3, 0.4) is 0 Å². The van der Waals surface area contributed by atoms with Gasteiger partial charge in [-0.3, -0.25) is 4.79 Å². The molecule has 3 nitrogen and oxygen atoms in total. The maximum Gasteiger partial charge on any atom is 0.243 e. The Morgan fingerprint density at radius 2 is 1.84 bits per heavy atom. The summed E-state index contributed by atoms with van der Waals surface area (Å²) in [4.78, 5) is 11.9. The van der Waals surface area contributed by atoms with E-state index in [1.165, 1.54) is 12.0 Å². The second-order valence-corrected chi connectivity index (χ2v) is 5.52. The number of hydrogen-bond acceptors (Lipinski definition) is 2. The molecule has 1 saturated carbocycles. The van der Waals surface area contributed by atoms with Crippen LogP contribution in [0.2, 0.25) is 0 Å². The predicted molar refractivity (Wildman–Crippen MR) is 75.9 cm³/mol. The summed E-state index contributed by atoms with van der Waals surface area (Å²) >= 11 is 0. The lowest BCUT2D eigenvalue weighted by Crippen LogP contribution is -2.43. The van der Waals surface area contributed by atoms with Gasteiger partial charge in [0.2, 0.25) is 5.91 Å². The van der Waals surface area contributed by atoms with Gasteiger partial charge in [0.1, 0.15) is 0 Å².